The molecule has 1 aromatic rings. The largest absolute Gasteiger partial charge is 0.366 e. The quantitative estimate of drug-likeness (QED) is 0.778. The van der Waals surface area contributed by atoms with Crippen LogP contribution in [-0.4, -0.2) is 59.9 Å². The van der Waals surface area contributed by atoms with Gasteiger partial charge in [0.15, 0.2) is 0 Å². The van der Waals surface area contributed by atoms with Crippen molar-refractivity contribution in [2.75, 3.05) is 37.6 Å². The number of carbonyl (C=O) groups is 2. The van der Waals surface area contributed by atoms with Gasteiger partial charge in [0, 0.05) is 38.3 Å². The molecule has 0 N–H and O–H groups in total. The highest BCUT2D eigenvalue weighted by Crippen LogP contribution is 2.21. The molecule has 0 spiro atoms. The van der Waals surface area contributed by atoms with Crippen molar-refractivity contribution >= 4 is 17.5 Å². The van der Waals surface area contributed by atoms with E-state index in [0.29, 0.717) is 38.4 Å². The van der Waals surface area contributed by atoms with Crippen molar-refractivity contribution in [3.63, 3.8) is 0 Å². The van der Waals surface area contributed by atoms with Crippen molar-refractivity contribution in [2.45, 2.75) is 33.2 Å². The highest BCUT2D eigenvalue weighted by Gasteiger charge is 2.34. The molecule has 1 aromatic carbocycles. The Kier molecular flexibility index (Phi) is 5.47. The molecular weight excluding hydrogens is 309 g/mol. The van der Waals surface area contributed by atoms with Gasteiger partial charge in [-0.15, -0.1) is 0 Å². The number of hydrogen-bond acceptors (Lipinski definition) is 3. The monoisotopic (exact) mass is 335 g/mol. The second-order valence-corrected chi connectivity index (χ2v) is 6.95. The van der Waals surface area contributed by atoms with Crippen LogP contribution in [0.5, 0.6) is 0 Å². The highest BCUT2D eigenvalue weighted by molar-refractivity contribution is 6.35. The number of carbonyl (C=O) groups excluding carboxylic acids is 2. The van der Waals surface area contributed by atoms with Gasteiger partial charge in [-0.05, 0) is 39.8 Å². The minimum absolute atomic E-state index is 0.266. The average molecular weight is 335 g/mol. The van der Waals surface area contributed by atoms with Gasteiger partial charge in [0.1, 0.15) is 5.82 Å². The van der Waals surface area contributed by atoms with Gasteiger partial charge in [0.2, 0.25) is 0 Å². The van der Waals surface area contributed by atoms with E-state index in [2.05, 4.69) is 0 Å². The van der Waals surface area contributed by atoms with Gasteiger partial charge in [-0.3, -0.25) is 9.59 Å². The van der Waals surface area contributed by atoms with Crippen LogP contribution >= 0.6 is 0 Å². The van der Waals surface area contributed by atoms with E-state index in [1.807, 2.05) is 32.6 Å². The average Bonchev–Trinajstić information content (AvgIpc) is 2.54. The zero-order valence-electron chi connectivity index (χ0n) is 14.9. The summed E-state index contributed by atoms with van der Waals surface area (Å²) in [6.07, 6.45) is 0. The van der Waals surface area contributed by atoms with Gasteiger partial charge in [-0.2, -0.15) is 0 Å². The lowest BCUT2D eigenvalue weighted by Gasteiger charge is -2.39. The Morgan fingerprint density at radius 1 is 1.12 bits per heavy atom. The van der Waals surface area contributed by atoms with Crippen molar-refractivity contribution in [3.8, 4) is 0 Å². The second kappa shape index (κ2) is 7.20. The molecule has 1 aliphatic rings. The molecule has 5 nitrogen and oxygen atoms in total. The molecule has 0 atom stereocenters. The third-order valence-corrected chi connectivity index (χ3v) is 4.31. The topological polar surface area (TPSA) is 43.9 Å². The normalized spacial score (nSPS) is 15.4. The number of benzene rings is 1. The van der Waals surface area contributed by atoms with Crippen LogP contribution in [0, 0.1) is 5.82 Å². The van der Waals surface area contributed by atoms with Crippen molar-refractivity contribution < 1.29 is 14.0 Å². The predicted octanol–water partition coefficient (Wildman–Crippen LogP) is 2.12. The Morgan fingerprint density at radius 3 is 2.21 bits per heavy atom. The molecule has 2 rings (SSSR count). The van der Waals surface area contributed by atoms with Crippen LogP contribution < -0.4 is 4.90 Å². The summed E-state index contributed by atoms with van der Waals surface area (Å²) in [5, 5.41) is 0. The molecule has 1 aliphatic heterocycles. The summed E-state index contributed by atoms with van der Waals surface area (Å²) in [4.78, 5) is 30.0. The number of likely N-dealkylation sites (N-methyl/N-ethyl adjacent to an activating group) is 1. The number of rotatable bonds is 2. The summed E-state index contributed by atoms with van der Waals surface area (Å²) >= 11 is 0. The zero-order chi connectivity index (χ0) is 17.9. The van der Waals surface area contributed by atoms with Gasteiger partial charge < -0.3 is 14.7 Å². The van der Waals surface area contributed by atoms with Crippen LogP contribution in [-0.2, 0) is 9.59 Å². The molecule has 1 saturated heterocycles. The Hall–Kier alpha value is -2.11. The smallest absolute Gasteiger partial charge is 0.312 e. The molecule has 1 heterocycles. The molecule has 0 saturated carbocycles. The summed E-state index contributed by atoms with van der Waals surface area (Å²) in [6.45, 7) is 9.97. The molecule has 0 radical (unpaired) electrons. The molecule has 0 bridgehead atoms. The first-order chi connectivity index (χ1) is 11.3. The van der Waals surface area contributed by atoms with E-state index in [4.69, 9.17) is 0 Å². The maximum Gasteiger partial charge on any atom is 0.312 e. The highest BCUT2D eigenvalue weighted by atomic mass is 19.1. The molecule has 132 valence electrons. The van der Waals surface area contributed by atoms with Crippen LogP contribution in [0.3, 0.4) is 0 Å². The van der Waals surface area contributed by atoms with Gasteiger partial charge >= 0.3 is 11.8 Å². The fourth-order valence-corrected chi connectivity index (χ4v) is 3.03. The summed E-state index contributed by atoms with van der Waals surface area (Å²) < 4.78 is 13.9. The third-order valence-electron chi connectivity index (χ3n) is 4.31. The number of hydrogen-bond donors (Lipinski definition) is 0. The van der Waals surface area contributed by atoms with Crippen molar-refractivity contribution in [3.05, 3.63) is 30.1 Å². The molecule has 0 aliphatic carbocycles. The first kappa shape index (κ1) is 18.2. The number of halogens is 1. The van der Waals surface area contributed by atoms with Crippen LogP contribution in [0.25, 0.3) is 0 Å². The third kappa shape index (κ3) is 3.86. The minimum atomic E-state index is -0.472. The zero-order valence-corrected chi connectivity index (χ0v) is 14.9. The molecule has 0 aromatic heterocycles. The molecule has 0 unspecified atom stereocenters. The summed E-state index contributed by atoms with van der Waals surface area (Å²) in [5.41, 5.74) is 0.150. The SMILES string of the molecule is CCN(C(=O)C(=O)N1CCN(c2ccccc2F)CC1)C(C)(C)C. The minimum Gasteiger partial charge on any atom is -0.366 e. The lowest BCUT2D eigenvalue weighted by Crippen LogP contribution is -2.56. The number of para-hydroxylation sites is 1. The lowest BCUT2D eigenvalue weighted by molar-refractivity contribution is -0.154. The van der Waals surface area contributed by atoms with E-state index in [9.17, 15) is 14.0 Å². The van der Waals surface area contributed by atoms with E-state index in [1.165, 1.54) is 6.07 Å². The van der Waals surface area contributed by atoms with Gasteiger partial charge in [-0.1, -0.05) is 12.1 Å². The fraction of sp³-hybridized carbons (Fsp3) is 0.556. The summed E-state index contributed by atoms with van der Waals surface area (Å²) in [7, 11) is 0. The summed E-state index contributed by atoms with van der Waals surface area (Å²) in [5.74, 6) is -1.21. The number of amides is 2. The van der Waals surface area contributed by atoms with Gasteiger partial charge in [0.25, 0.3) is 0 Å². The molecular formula is C18H26FN3O2. The molecule has 24 heavy (non-hydrogen) atoms. The Labute approximate surface area is 143 Å². The van der Waals surface area contributed by atoms with Gasteiger partial charge in [-0.25, -0.2) is 4.39 Å². The number of anilines is 1. The predicted molar refractivity (Wildman–Crippen MR) is 92.3 cm³/mol. The van der Waals surface area contributed by atoms with Crippen molar-refractivity contribution in [1.29, 1.82) is 0 Å². The Balaban J connectivity index is 2.00. The molecule has 1 fully saturated rings. The summed E-state index contributed by atoms with van der Waals surface area (Å²) in [6, 6.07) is 6.61. The standard InChI is InChI=1S/C18H26FN3O2/c1-5-22(18(2,3)4)17(24)16(23)21-12-10-20(11-13-21)15-9-7-6-8-14(15)19/h6-9H,5,10-13H2,1-4H3. The fourth-order valence-electron chi connectivity index (χ4n) is 3.03. The molecule has 6 heteroatoms. The van der Waals surface area contributed by atoms with Crippen molar-refractivity contribution in [1.82, 2.24) is 9.80 Å². The van der Waals surface area contributed by atoms with E-state index in [0.717, 1.165) is 0 Å². The van der Waals surface area contributed by atoms with Crippen LogP contribution in [0.15, 0.2) is 24.3 Å². The maximum atomic E-state index is 13.9. The number of piperazine rings is 1. The van der Waals surface area contributed by atoms with Crippen LogP contribution in [0.4, 0.5) is 10.1 Å². The van der Waals surface area contributed by atoms with Gasteiger partial charge in [0.05, 0.1) is 5.69 Å². The molecule has 2 amide bonds. The maximum absolute atomic E-state index is 13.9. The van der Waals surface area contributed by atoms with E-state index >= 15 is 0 Å². The Bertz CT molecular complexity index is 605. The first-order valence-electron chi connectivity index (χ1n) is 8.36. The van der Waals surface area contributed by atoms with Crippen LogP contribution in [0.1, 0.15) is 27.7 Å². The van der Waals surface area contributed by atoms with E-state index in [1.54, 1.807) is 28.0 Å². The number of nitrogens with zero attached hydrogens (tertiary/aromatic N) is 3. The van der Waals surface area contributed by atoms with Crippen LogP contribution in [0.2, 0.25) is 0 Å². The lowest BCUT2D eigenvalue weighted by atomic mass is 10.1. The van der Waals surface area contributed by atoms with E-state index in [-0.39, 0.29) is 5.82 Å². The van der Waals surface area contributed by atoms with Crippen molar-refractivity contribution in [2.24, 2.45) is 0 Å². The first-order valence-corrected chi connectivity index (χ1v) is 8.36. The Morgan fingerprint density at radius 2 is 1.71 bits per heavy atom. The second-order valence-electron chi connectivity index (χ2n) is 6.95. The van der Waals surface area contributed by atoms with E-state index < -0.39 is 17.4 Å².